The Labute approximate surface area is 109 Å². The number of halogens is 2. The predicted octanol–water partition coefficient (Wildman–Crippen LogP) is 4.68. The van der Waals surface area contributed by atoms with Gasteiger partial charge in [0, 0.05) is 17.1 Å². The second-order valence-corrected chi connectivity index (χ2v) is 5.46. The molecule has 3 rings (SSSR count). The van der Waals surface area contributed by atoms with E-state index in [4.69, 9.17) is 11.6 Å². The SMILES string of the molecule is Fc1cccc2c1Cc1cccc(Cl)c1SC2. The fourth-order valence-electron chi connectivity index (χ4n) is 2.13. The van der Waals surface area contributed by atoms with Crippen LogP contribution in [0, 0.1) is 5.82 Å². The minimum absolute atomic E-state index is 0.115. The van der Waals surface area contributed by atoms with Crippen molar-refractivity contribution in [3.05, 3.63) is 63.9 Å². The van der Waals surface area contributed by atoms with Gasteiger partial charge < -0.3 is 0 Å². The Bertz CT molecular complexity index is 580. The highest BCUT2D eigenvalue weighted by molar-refractivity contribution is 7.98. The van der Waals surface area contributed by atoms with Crippen molar-refractivity contribution in [1.82, 2.24) is 0 Å². The molecule has 2 aromatic rings. The topological polar surface area (TPSA) is 0 Å². The summed E-state index contributed by atoms with van der Waals surface area (Å²) < 4.78 is 13.8. The largest absolute Gasteiger partial charge is 0.207 e. The second-order valence-electron chi connectivity index (χ2n) is 4.07. The first-order valence-electron chi connectivity index (χ1n) is 5.42. The summed E-state index contributed by atoms with van der Waals surface area (Å²) in [5, 5.41) is 0.765. The van der Waals surface area contributed by atoms with E-state index < -0.39 is 0 Å². The lowest BCUT2D eigenvalue weighted by atomic mass is 10.0. The maximum atomic E-state index is 13.8. The van der Waals surface area contributed by atoms with Crippen LogP contribution in [0.4, 0.5) is 4.39 Å². The standard InChI is InChI=1S/C14H10ClFS/c15-12-5-1-3-9-7-11-10(8-17-14(9)12)4-2-6-13(11)16/h1-6H,7-8H2. The Morgan fingerprint density at radius 2 is 1.82 bits per heavy atom. The third kappa shape index (κ3) is 1.96. The van der Waals surface area contributed by atoms with Gasteiger partial charge in [-0.15, -0.1) is 11.8 Å². The van der Waals surface area contributed by atoms with Crippen LogP contribution in [-0.2, 0) is 12.2 Å². The van der Waals surface area contributed by atoms with E-state index in [2.05, 4.69) is 0 Å². The average molecular weight is 265 g/mol. The van der Waals surface area contributed by atoms with Crippen molar-refractivity contribution in [2.45, 2.75) is 17.1 Å². The third-order valence-electron chi connectivity index (χ3n) is 3.00. The van der Waals surface area contributed by atoms with E-state index in [9.17, 15) is 4.39 Å². The van der Waals surface area contributed by atoms with Crippen molar-refractivity contribution < 1.29 is 4.39 Å². The quantitative estimate of drug-likeness (QED) is 0.666. The van der Waals surface area contributed by atoms with Crippen LogP contribution < -0.4 is 0 Å². The molecule has 1 heterocycles. The molecule has 86 valence electrons. The van der Waals surface area contributed by atoms with Gasteiger partial charge in [-0.2, -0.15) is 0 Å². The molecule has 0 bridgehead atoms. The molecule has 2 aromatic carbocycles. The van der Waals surface area contributed by atoms with E-state index in [0.29, 0.717) is 6.42 Å². The van der Waals surface area contributed by atoms with Crippen LogP contribution in [0.1, 0.15) is 16.7 Å². The highest BCUT2D eigenvalue weighted by atomic mass is 35.5. The summed E-state index contributed by atoms with van der Waals surface area (Å²) in [5.74, 6) is 0.667. The van der Waals surface area contributed by atoms with E-state index in [1.165, 1.54) is 6.07 Å². The summed E-state index contributed by atoms with van der Waals surface area (Å²) in [5.41, 5.74) is 3.00. The van der Waals surface area contributed by atoms with Gasteiger partial charge in [0.2, 0.25) is 0 Å². The number of hydrogen-bond acceptors (Lipinski definition) is 1. The number of rotatable bonds is 0. The molecule has 0 N–H and O–H groups in total. The molecule has 0 unspecified atom stereocenters. The summed E-state index contributed by atoms with van der Waals surface area (Å²) >= 11 is 7.87. The van der Waals surface area contributed by atoms with Crippen molar-refractivity contribution in [1.29, 1.82) is 0 Å². The first kappa shape index (κ1) is 11.1. The normalized spacial score (nSPS) is 13.8. The van der Waals surface area contributed by atoms with E-state index in [0.717, 1.165) is 32.4 Å². The molecule has 0 saturated carbocycles. The summed E-state index contributed by atoms with van der Waals surface area (Å²) in [6.07, 6.45) is 0.630. The summed E-state index contributed by atoms with van der Waals surface area (Å²) in [4.78, 5) is 1.09. The smallest absolute Gasteiger partial charge is 0.127 e. The lowest BCUT2D eigenvalue weighted by molar-refractivity contribution is 0.612. The first-order valence-corrected chi connectivity index (χ1v) is 6.78. The van der Waals surface area contributed by atoms with Crippen LogP contribution in [0.5, 0.6) is 0 Å². The lowest BCUT2D eigenvalue weighted by Gasteiger charge is -2.07. The molecule has 1 aliphatic rings. The fourth-order valence-corrected chi connectivity index (χ4v) is 3.59. The van der Waals surface area contributed by atoms with E-state index in [1.54, 1.807) is 17.8 Å². The summed E-state index contributed by atoms with van der Waals surface area (Å²) in [7, 11) is 0. The van der Waals surface area contributed by atoms with E-state index >= 15 is 0 Å². The van der Waals surface area contributed by atoms with Crippen molar-refractivity contribution in [2.24, 2.45) is 0 Å². The number of hydrogen-bond donors (Lipinski definition) is 0. The number of thioether (sulfide) groups is 1. The molecule has 0 aromatic heterocycles. The van der Waals surface area contributed by atoms with Crippen LogP contribution in [0.25, 0.3) is 0 Å². The van der Waals surface area contributed by atoms with Crippen LogP contribution >= 0.6 is 23.4 Å². The second kappa shape index (κ2) is 4.35. The van der Waals surface area contributed by atoms with E-state index in [-0.39, 0.29) is 5.82 Å². The summed E-state index contributed by atoms with van der Waals surface area (Å²) in [6.45, 7) is 0. The number of benzene rings is 2. The van der Waals surface area contributed by atoms with Gasteiger partial charge in [0.1, 0.15) is 5.82 Å². The molecule has 3 heteroatoms. The molecule has 17 heavy (non-hydrogen) atoms. The van der Waals surface area contributed by atoms with Gasteiger partial charge >= 0.3 is 0 Å². The fraction of sp³-hybridized carbons (Fsp3) is 0.143. The third-order valence-corrected chi connectivity index (χ3v) is 4.66. The molecule has 0 amide bonds. The van der Waals surface area contributed by atoms with Gasteiger partial charge in [-0.1, -0.05) is 35.9 Å². The molecular weight excluding hydrogens is 255 g/mol. The Hall–Kier alpha value is -0.990. The summed E-state index contributed by atoms with van der Waals surface area (Å²) in [6, 6.07) is 11.1. The molecule has 0 spiro atoms. The van der Waals surface area contributed by atoms with Crippen LogP contribution in [-0.4, -0.2) is 0 Å². The Balaban J connectivity index is 2.15. The highest BCUT2D eigenvalue weighted by Crippen LogP contribution is 2.38. The minimum Gasteiger partial charge on any atom is -0.207 e. The maximum absolute atomic E-state index is 13.8. The zero-order valence-corrected chi connectivity index (χ0v) is 10.6. The van der Waals surface area contributed by atoms with Crippen LogP contribution in [0.15, 0.2) is 41.3 Å². The first-order chi connectivity index (χ1) is 8.25. The monoisotopic (exact) mass is 264 g/mol. The number of fused-ring (bicyclic) bond motifs is 2. The molecule has 0 atom stereocenters. The Morgan fingerprint density at radius 1 is 1.06 bits per heavy atom. The van der Waals surface area contributed by atoms with Crippen molar-refractivity contribution in [2.75, 3.05) is 0 Å². The van der Waals surface area contributed by atoms with Gasteiger partial charge in [-0.25, -0.2) is 4.39 Å². The molecule has 0 aliphatic carbocycles. The Morgan fingerprint density at radius 3 is 2.71 bits per heavy atom. The van der Waals surface area contributed by atoms with Gasteiger partial charge in [0.05, 0.1) is 5.02 Å². The molecule has 0 saturated heterocycles. The predicted molar refractivity (Wildman–Crippen MR) is 70.2 cm³/mol. The molecule has 0 fully saturated rings. The van der Waals surface area contributed by atoms with Crippen molar-refractivity contribution in [3.8, 4) is 0 Å². The Kier molecular flexibility index (Phi) is 2.85. The zero-order chi connectivity index (χ0) is 11.8. The van der Waals surface area contributed by atoms with E-state index in [1.807, 2.05) is 24.3 Å². The molecule has 0 radical (unpaired) electrons. The van der Waals surface area contributed by atoms with Crippen molar-refractivity contribution in [3.63, 3.8) is 0 Å². The van der Waals surface area contributed by atoms with Crippen molar-refractivity contribution >= 4 is 23.4 Å². The molecule has 0 nitrogen and oxygen atoms in total. The average Bonchev–Trinajstić information content (AvgIpc) is 2.50. The highest BCUT2D eigenvalue weighted by Gasteiger charge is 2.17. The maximum Gasteiger partial charge on any atom is 0.127 e. The van der Waals surface area contributed by atoms with Gasteiger partial charge in [0.25, 0.3) is 0 Å². The minimum atomic E-state index is -0.115. The van der Waals surface area contributed by atoms with Gasteiger partial charge in [0.15, 0.2) is 0 Å². The zero-order valence-electron chi connectivity index (χ0n) is 9.04. The lowest BCUT2D eigenvalue weighted by Crippen LogP contribution is -1.96. The molecular formula is C14H10ClFS. The van der Waals surface area contributed by atoms with Crippen LogP contribution in [0.3, 0.4) is 0 Å². The molecule has 1 aliphatic heterocycles. The van der Waals surface area contributed by atoms with Gasteiger partial charge in [-0.3, -0.25) is 0 Å². The van der Waals surface area contributed by atoms with Crippen LogP contribution in [0.2, 0.25) is 5.02 Å². The van der Waals surface area contributed by atoms with Gasteiger partial charge in [-0.05, 0) is 28.8 Å².